The van der Waals surface area contributed by atoms with Gasteiger partial charge in [-0.05, 0) is 24.3 Å². The highest BCUT2D eigenvalue weighted by Gasteiger charge is 2.32. The molecule has 4 aromatic rings. The summed E-state index contributed by atoms with van der Waals surface area (Å²) >= 11 is 0. The fourth-order valence-electron chi connectivity index (χ4n) is 3.33. The summed E-state index contributed by atoms with van der Waals surface area (Å²) in [5, 5.41) is 12.1. The first-order chi connectivity index (χ1) is 15.2. The number of fused-ring (bicyclic) bond motifs is 1. The molecule has 5 rings (SSSR count). The van der Waals surface area contributed by atoms with Crippen LogP contribution in [0.3, 0.4) is 0 Å². The van der Waals surface area contributed by atoms with Gasteiger partial charge in [0.25, 0.3) is 11.8 Å². The molecule has 0 bridgehead atoms. The van der Waals surface area contributed by atoms with Gasteiger partial charge in [-0.2, -0.15) is 4.98 Å². The molecule has 156 valence electrons. The van der Waals surface area contributed by atoms with Crippen LogP contribution in [0.2, 0.25) is 0 Å². The smallest absolute Gasteiger partial charge is 0.281 e. The highest BCUT2D eigenvalue weighted by Crippen LogP contribution is 2.26. The third-order valence-corrected chi connectivity index (χ3v) is 4.91. The van der Waals surface area contributed by atoms with E-state index in [9.17, 15) is 9.18 Å². The number of amides is 1. The number of aromatic nitrogens is 5. The highest BCUT2D eigenvalue weighted by atomic mass is 19.1. The van der Waals surface area contributed by atoms with Gasteiger partial charge < -0.3 is 14.2 Å². The first-order valence-corrected chi connectivity index (χ1v) is 9.69. The van der Waals surface area contributed by atoms with Gasteiger partial charge in [0.2, 0.25) is 5.82 Å². The average Bonchev–Trinajstić information content (AvgIpc) is 3.45. The summed E-state index contributed by atoms with van der Waals surface area (Å²) in [5.74, 6) is 0.511. The van der Waals surface area contributed by atoms with E-state index in [1.54, 1.807) is 21.7 Å². The molecule has 2 aromatic heterocycles. The minimum absolute atomic E-state index is 0.137. The zero-order chi connectivity index (χ0) is 21.2. The van der Waals surface area contributed by atoms with Crippen LogP contribution in [0.5, 0.6) is 5.75 Å². The number of ether oxygens (including phenoxy) is 1. The molecule has 9 nitrogen and oxygen atoms in total. The van der Waals surface area contributed by atoms with Gasteiger partial charge in [-0.1, -0.05) is 40.7 Å². The minimum atomic E-state index is -0.330. The Hall–Kier alpha value is -4.08. The van der Waals surface area contributed by atoms with Crippen molar-refractivity contribution in [2.24, 2.45) is 0 Å². The molecule has 31 heavy (non-hydrogen) atoms. The van der Waals surface area contributed by atoms with Crippen molar-refractivity contribution in [1.29, 1.82) is 0 Å². The molecule has 0 saturated heterocycles. The first-order valence-electron chi connectivity index (χ1n) is 9.69. The quantitative estimate of drug-likeness (QED) is 0.473. The molecular formula is C21H17FN6O3. The van der Waals surface area contributed by atoms with Gasteiger partial charge in [0.05, 0.1) is 13.1 Å². The maximum Gasteiger partial charge on any atom is 0.281 e. The molecule has 0 N–H and O–H groups in total. The molecule has 0 spiro atoms. The van der Waals surface area contributed by atoms with E-state index in [0.29, 0.717) is 36.9 Å². The molecule has 0 fully saturated rings. The fourth-order valence-corrected chi connectivity index (χ4v) is 3.33. The average molecular weight is 420 g/mol. The van der Waals surface area contributed by atoms with Gasteiger partial charge in [-0.3, -0.25) is 4.79 Å². The molecular weight excluding hydrogens is 403 g/mol. The van der Waals surface area contributed by atoms with Crippen molar-refractivity contribution >= 4 is 5.91 Å². The van der Waals surface area contributed by atoms with Gasteiger partial charge in [0.1, 0.15) is 18.2 Å². The molecule has 0 unspecified atom stereocenters. The minimum Gasteiger partial charge on any atom is -0.492 e. The number of hydrogen-bond acceptors (Lipinski definition) is 7. The number of halogens is 1. The van der Waals surface area contributed by atoms with Gasteiger partial charge in [-0.25, -0.2) is 9.07 Å². The monoisotopic (exact) mass is 420 g/mol. The van der Waals surface area contributed by atoms with Crippen molar-refractivity contribution < 1.29 is 18.4 Å². The zero-order valence-corrected chi connectivity index (χ0v) is 16.3. The van der Waals surface area contributed by atoms with Gasteiger partial charge >= 0.3 is 0 Å². The predicted octanol–water partition coefficient (Wildman–Crippen LogP) is 2.67. The van der Waals surface area contributed by atoms with E-state index in [2.05, 4.69) is 20.5 Å². The van der Waals surface area contributed by atoms with Crippen LogP contribution in [0.1, 0.15) is 10.5 Å². The number of benzene rings is 2. The van der Waals surface area contributed by atoms with E-state index in [0.717, 1.165) is 5.56 Å². The Bertz CT molecular complexity index is 1210. The van der Waals surface area contributed by atoms with E-state index in [1.807, 2.05) is 30.3 Å². The normalized spacial score (nSPS) is 13.3. The van der Waals surface area contributed by atoms with E-state index in [4.69, 9.17) is 9.26 Å². The van der Waals surface area contributed by atoms with Crippen molar-refractivity contribution in [2.75, 3.05) is 19.7 Å². The van der Waals surface area contributed by atoms with Crippen LogP contribution in [0.25, 0.3) is 23.0 Å². The summed E-state index contributed by atoms with van der Waals surface area (Å²) < 4.78 is 25.5. The molecule has 0 atom stereocenters. The fraction of sp³-hybridized carbons (Fsp3) is 0.190. The molecule has 1 aliphatic heterocycles. The first kappa shape index (κ1) is 18.9. The molecule has 10 heteroatoms. The molecule has 0 saturated carbocycles. The largest absolute Gasteiger partial charge is 0.492 e. The van der Waals surface area contributed by atoms with Crippen LogP contribution in [0.4, 0.5) is 4.39 Å². The summed E-state index contributed by atoms with van der Waals surface area (Å²) in [6, 6.07) is 15.1. The van der Waals surface area contributed by atoms with Crippen molar-refractivity contribution in [2.45, 2.75) is 6.54 Å². The lowest BCUT2D eigenvalue weighted by atomic mass is 10.2. The van der Waals surface area contributed by atoms with Crippen LogP contribution in [0.15, 0.2) is 59.1 Å². The lowest BCUT2D eigenvalue weighted by molar-refractivity contribution is 0.0670. The standard InChI is InChI=1S/C21H17FN6O3/c22-15-6-8-16(9-7-15)30-13-12-27-10-11-28-18(21(27)29)17(24-26-28)20-23-19(25-31-20)14-4-2-1-3-5-14/h1-9H,10-13H2. The van der Waals surface area contributed by atoms with Crippen molar-refractivity contribution in [3.8, 4) is 28.7 Å². The Balaban J connectivity index is 1.31. The number of carbonyl (C=O) groups is 1. The third-order valence-electron chi connectivity index (χ3n) is 4.91. The third kappa shape index (κ3) is 3.75. The van der Waals surface area contributed by atoms with E-state index < -0.39 is 0 Å². The van der Waals surface area contributed by atoms with Crippen molar-refractivity contribution in [3.63, 3.8) is 0 Å². The molecule has 2 aromatic carbocycles. The summed E-state index contributed by atoms with van der Waals surface area (Å²) in [7, 11) is 0. The molecule has 0 aliphatic carbocycles. The van der Waals surface area contributed by atoms with Crippen molar-refractivity contribution in [1.82, 2.24) is 30.0 Å². The Morgan fingerprint density at radius 2 is 1.87 bits per heavy atom. The molecule has 3 heterocycles. The van der Waals surface area contributed by atoms with E-state index >= 15 is 0 Å². The maximum atomic E-state index is 13.1. The second kappa shape index (κ2) is 7.98. The number of carbonyl (C=O) groups excluding carboxylic acids is 1. The molecule has 1 amide bonds. The van der Waals surface area contributed by atoms with Gasteiger partial charge in [0, 0.05) is 12.1 Å². The van der Waals surface area contributed by atoms with Crippen LogP contribution in [0, 0.1) is 5.82 Å². The second-order valence-corrected chi connectivity index (χ2v) is 6.89. The Labute approximate surface area is 176 Å². The summed E-state index contributed by atoms with van der Waals surface area (Å²) in [6.07, 6.45) is 0. The van der Waals surface area contributed by atoms with Gasteiger partial charge in [-0.15, -0.1) is 5.10 Å². The zero-order valence-electron chi connectivity index (χ0n) is 16.3. The van der Waals surface area contributed by atoms with Gasteiger partial charge in [0.15, 0.2) is 11.4 Å². The maximum absolute atomic E-state index is 13.1. The topological polar surface area (TPSA) is 99.2 Å². The van der Waals surface area contributed by atoms with Crippen LogP contribution < -0.4 is 4.74 Å². The molecule has 1 aliphatic rings. The van der Waals surface area contributed by atoms with Crippen LogP contribution >= 0.6 is 0 Å². The van der Waals surface area contributed by atoms with Crippen molar-refractivity contribution in [3.05, 3.63) is 66.1 Å². The Morgan fingerprint density at radius 1 is 1.06 bits per heavy atom. The van der Waals surface area contributed by atoms with E-state index in [-0.39, 0.29) is 29.9 Å². The molecule has 0 radical (unpaired) electrons. The van der Waals surface area contributed by atoms with E-state index in [1.165, 1.54) is 12.1 Å². The summed E-state index contributed by atoms with van der Waals surface area (Å²) in [4.78, 5) is 19.1. The lowest BCUT2D eigenvalue weighted by Gasteiger charge is -2.27. The Kier molecular flexibility index (Phi) is 4.87. The predicted molar refractivity (Wildman–Crippen MR) is 107 cm³/mol. The lowest BCUT2D eigenvalue weighted by Crippen LogP contribution is -2.42. The van der Waals surface area contributed by atoms with Crippen LogP contribution in [-0.4, -0.2) is 55.6 Å². The summed E-state index contributed by atoms with van der Waals surface area (Å²) in [5.41, 5.74) is 1.35. The number of rotatable bonds is 6. The second-order valence-electron chi connectivity index (χ2n) is 6.89. The SMILES string of the molecule is O=C1c2c(-c3nc(-c4ccccc4)no3)nnn2CCN1CCOc1ccc(F)cc1. The number of nitrogens with zero attached hydrogens (tertiary/aromatic N) is 6. The summed E-state index contributed by atoms with van der Waals surface area (Å²) in [6.45, 7) is 1.59. The highest BCUT2D eigenvalue weighted by molar-refractivity contribution is 5.98. The number of hydrogen-bond donors (Lipinski definition) is 0. The Morgan fingerprint density at radius 3 is 2.68 bits per heavy atom. The van der Waals surface area contributed by atoms with Crippen LogP contribution in [-0.2, 0) is 6.54 Å².